The Morgan fingerprint density at radius 3 is 2.27 bits per heavy atom. The van der Waals surface area contributed by atoms with Gasteiger partial charge >= 0.3 is 0 Å². The molecule has 2 aliphatic carbocycles. The van der Waals surface area contributed by atoms with E-state index in [4.69, 9.17) is 0 Å². The van der Waals surface area contributed by atoms with Crippen molar-refractivity contribution < 1.29 is 4.79 Å². The van der Waals surface area contributed by atoms with E-state index in [0.29, 0.717) is 6.42 Å². The number of rotatable bonds is 0. The van der Waals surface area contributed by atoms with Crippen molar-refractivity contribution in [2.45, 2.75) is 33.1 Å². The quantitative estimate of drug-likeness (QED) is 0.687. The second kappa shape index (κ2) is 4.67. The van der Waals surface area contributed by atoms with Gasteiger partial charge in [0, 0.05) is 12.0 Å². The van der Waals surface area contributed by atoms with Crippen LogP contribution in [0.25, 0.3) is 11.1 Å². The number of ketones is 1. The highest BCUT2D eigenvalue weighted by Crippen LogP contribution is 2.49. The van der Waals surface area contributed by atoms with Crippen LogP contribution < -0.4 is 0 Å². The van der Waals surface area contributed by atoms with Crippen molar-refractivity contribution in [1.29, 1.82) is 0 Å². The molecule has 0 N–H and O–H groups in total. The lowest BCUT2D eigenvalue weighted by atomic mass is 9.70. The van der Waals surface area contributed by atoms with E-state index in [1.807, 2.05) is 6.07 Å². The summed E-state index contributed by atoms with van der Waals surface area (Å²) in [6.07, 6.45) is 2.63. The Morgan fingerprint density at radius 2 is 1.50 bits per heavy atom. The maximum absolute atomic E-state index is 12.9. The molecule has 0 saturated heterocycles. The molecule has 1 nitrogen and oxygen atoms in total. The third-order valence-electron chi connectivity index (χ3n) is 5.15. The first kappa shape index (κ1) is 13.5. The Bertz CT molecular complexity index is 808. The largest absolute Gasteiger partial charge is 0.294 e. The number of hydrogen-bond acceptors (Lipinski definition) is 1. The molecule has 0 fully saturated rings. The lowest BCUT2D eigenvalue weighted by Crippen LogP contribution is -2.22. The number of carbonyl (C=O) groups excluding carboxylic acids is 1. The molecule has 2 aromatic carbocycles. The van der Waals surface area contributed by atoms with Crippen molar-refractivity contribution in [1.82, 2.24) is 0 Å². The number of fused-ring (bicyclic) bond motifs is 4. The van der Waals surface area contributed by atoms with Crippen LogP contribution in [0.1, 0.15) is 42.5 Å². The third kappa shape index (κ3) is 1.89. The molecule has 0 saturated carbocycles. The van der Waals surface area contributed by atoms with Gasteiger partial charge in [-0.3, -0.25) is 4.79 Å². The minimum atomic E-state index is 0.0144. The van der Waals surface area contributed by atoms with Crippen LogP contribution in [0.4, 0.5) is 0 Å². The average molecular weight is 288 g/mol. The summed E-state index contributed by atoms with van der Waals surface area (Å²) in [6, 6.07) is 16.8. The molecule has 0 unspecified atom stereocenters. The van der Waals surface area contributed by atoms with Gasteiger partial charge in [0.1, 0.15) is 0 Å². The van der Waals surface area contributed by atoms with Crippen LogP contribution in [-0.4, -0.2) is 5.78 Å². The predicted octanol–water partition coefficient (Wildman–Crippen LogP) is 4.70. The minimum Gasteiger partial charge on any atom is -0.294 e. The Balaban J connectivity index is 2.10. The second-order valence-corrected chi connectivity index (χ2v) is 7.05. The zero-order chi connectivity index (χ0) is 15.3. The van der Waals surface area contributed by atoms with Crippen LogP contribution in [-0.2, 0) is 17.6 Å². The van der Waals surface area contributed by atoms with Crippen LogP contribution in [0.2, 0.25) is 0 Å². The monoisotopic (exact) mass is 288 g/mol. The zero-order valence-corrected chi connectivity index (χ0v) is 13.1. The second-order valence-electron chi connectivity index (χ2n) is 7.05. The smallest absolute Gasteiger partial charge is 0.168 e. The van der Waals surface area contributed by atoms with Gasteiger partial charge in [0.05, 0.1) is 0 Å². The van der Waals surface area contributed by atoms with Gasteiger partial charge in [0.15, 0.2) is 5.78 Å². The Morgan fingerprint density at radius 1 is 0.864 bits per heavy atom. The molecule has 2 aromatic rings. The van der Waals surface area contributed by atoms with Gasteiger partial charge in [-0.1, -0.05) is 62.4 Å². The fraction of sp³-hybridized carbons (Fsp3) is 0.286. The fourth-order valence-corrected chi connectivity index (χ4v) is 4.00. The van der Waals surface area contributed by atoms with Gasteiger partial charge in [-0.05, 0) is 46.1 Å². The molecule has 22 heavy (non-hydrogen) atoms. The summed E-state index contributed by atoms with van der Waals surface area (Å²) in [4.78, 5) is 12.9. The van der Waals surface area contributed by atoms with Crippen LogP contribution in [0.15, 0.2) is 48.5 Å². The predicted molar refractivity (Wildman–Crippen MR) is 90.5 cm³/mol. The first-order chi connectivity index (χ1) is 10.6. The van der Waals surface area contributed by atoms with E-state index in [2.05, 4.69) is 56.3 Å². The van der Waals surface area contributed by atoms with Crippen LogP contribution >= 0.6 is 0 Å². The van der Waals surface area contributed by atoms with Gasteiger partial charge in [-0.15, -0.1) is 0 Å². The minimum absolute atomic E-state index is 0.0144. The number of hydrogen-bond donors (Lipinski definition) is 0. The molecule has 0 bridgehead atoms. The molecule has 0 amide bonds. The number of Topliss-reactive ketones (excluding diaryl/α,β-unsaturated/α-hetero) is 1. The molecule has 110 valence electrons. The first-order valence-corrected chi connectivity index (χ1v) is 8.02. The maximum Gasteiger partial charge on any atom is 0.168 e. The molecule has 1 heteroatoms. The number of aryl methyl sites for hydroxylation is 1. The van der Waals surface area contributed by atoms with Gasteiger partial charge in [0.2, 0.25) is 0 Å². The third-order valence-corrected chi connectivity index (χ3v) is 5.15. The zero-order valence-electron chi connectivity index (χ0n) is 13.1. The average Bonchev–Trinajstić information content (AvgIpc) is 2.63. The Hall–Kier alpha value is -2.15. The summed E-state index contributed by atoms with van der Waals surface area (Å²) in [7, 11) is 0. The number of benzene rings is 2. The summed E-state index contributed by atoms with van der Waals surface area (Å²) < 4.78 is 0. The standard InChI is InChI=1S/C21H20O/c1-21(2)12-11-14-7-3-5-9-16(14)19-18(22)13-15-8-4-6-10-17(15)20(19)21/h3-10H,11-13H2,1-2H3. The van der Waals surface area contributed by atoms with Crippen LogP contribution in [0, 0.1) is 5.41 Å². The summed E-state index contributed by atoms with van der Waals surface area (Å²) in [6.45, 7) is 4.56. The van der Waals surface area contributed by atoms with Crippen LogP contribution in [0.5, 0.6) is 0 Å². The highest BCUT2D eigenvalue weighted by Gasteiger charge is 2.37. The van der Waals surface area contributed by atoms with Gasteiger partial charge in [0.25, 0.3) is 0 Å². The molecule has 0 radical (unpaired) electrons. The first-order valence-electron chi connectivity index (χ1n) is 8.02. The molecular formula is C21H20O. The molecule has 0 heterocycles. The SMILES string of the molecule is CC1(C)CCc2ccccc2C2=C1c1ccccc1CC2=O. The maximum atomic E-state index is 12.9. The molecule has 0 atom stereocenters. The normalized spacial score (nSPS) is 19.1. The molecular weight excluding hydrogens is 268 g/mol. The van der Waals surface area contributed by atoms with Gasteiger partial charge < -0.3 is 0 Å². The van der Waals surface area contributed by atoms with E-state index in [9.17, 15) is 4.79 Å². The molecule has 4 rings (SSSR count). The van der Waals surface area contributed by atoms with Crippen molar-refractivity contribution in [3.05, 3.63) is 70.8 Å². The van der Waals surface area contributed by atoms with Crippen molar-refractivity contribution in [2.24, 2.45) is 5.41 Å². The van der Waals surface area contributed by atoms with E-state index in [1.165, 1.54) is 22.3 Å². The highest BCUT2D eigenvalue weighted by atomic mass is 16.1. The number of allylic oxidation sites excluding steroid dienone is 2. The van der Waals surface area contributed by atoms with E-state index in [-0.39, 0.29) is 11.2 Å². The van der Waals surface area contributed by atoms with Crippen molar-refractivity contribution in [3.63, 3.8) is 0 Å². The lowest BCUT2D eigenvalue weighted by molar-refractivity contribution is -0.113. The van der Waals surface area contributed by atoms with Gasteiger partial charge in [-0.2, -0.15) is 0 Å². The van der Waals surface area contributed by atoms with Crippen molar-refractivity contribution >= 4 is 16.9 Å². The fourth-order valence-electron chi connectivity index (χ4n) is 4.00. The molecule has 2 aliphatic rings. The summed E-state index contributed by atoms with van der Waals surface area (Å²) in [5, 5.41) is 0. The Kier molecular flexibility index (Phi) is 2.87. The van der Waals surface area contributed by atoms with Crippen LogP contribution in [0.3, 0.4) is 0 Å². The van der Waals surface area contributed by atoms with E-state index < -0.39 is 0 Å². The summed E-state index contributed by atoms with van der Waals surface area (Å²) in [5.74, 6) is 0.274. The summed E-state index contributed by atoms with van der Waals surface area (Å²) >= 11 is 0. The molecule has 0 spiro atoms. The molecule has 0 aromatic heterocycles. The van der Waals surface area contributed by atoms with E-state index in [0.717, 1.165) is 24.0 Å². The number of carbonyl (C=O) groups is 1. The summed E-state index contributed by atoms with van der Waals surface area (Å²) in [5.41, 5.74) is 7.16. The Labute approximate surface area is 131 Å². The van der Waals surface area contributed by atoms with Gasteiger partial charge in [-0.25, -0.2) is 0 Å². The van der Waals surface area contributed by atoms with Crippen molar-refractivity contribution in [3.8, 4) is 0 Å². The van der Waals surface area contributed by atoms with E-state index in [1.54, 1.807) is 0 Å². The van der Waals surface area contributed by atoms with Crippen molar-refractivity contribution in [2.75, 3.05) is 0 Å². The lowest BCUT2D eigenvalue weighted by Gasteiger charge is -2.33. The topological polar surface area (TPSA) is 17.1 Å². The molecule has 0 aliphatic heterocycles. The van der Waals surface area contributed by atoms with E-state index >= 15 is 0 Å². The highest BCUT2D eigenvalue weighted by molar-refractivity contribution is 6.31.